The first-order valence-electron chi connectivity index (χ1n) is 10.7. The zero-order chi connectivity index (χ0) is 20.6. The zero-order valence-corrected chi connectivity index (χ0v) is 17.6. The van der Waals surface area contributed by atoms with Crippen LogP contribution in [0.3, 0.4) is 0 Å². The average Bonchev–Trinajstić information content (AvgIpc) is 2.78. The maximum Gasteiger partial charge on any atom is 0.225 e. The minimum absolute atomic E-state index is 0.0389. The first-order chi connectivity index (χ1) is 14.1. The predicted molar refractivity (Wildman–Crippen MR) is 116 cm³/mol. The molecule has 0 heterocycles. The van der Waals surface area contributed by atoms with E-state index in [-0.39, 0.29) is 23.7 Å². The molecule has 1 aliphatic carbocycles. The largest absolute Gasteiger partial charge is 0.341 e. The molecule has 1 saturated carbocycles. The molecule has 0 spiro atoms. The summed E-state index contributed by atoms with van der Waals surface area (Å²) in [7, 11) is 1.88. The molecule has 4 heteroatoms. The maximum atomic E-state index is 13.0. The van der Waals surface area contributed by atoms with Crippen LogP contribution < -0.4 is 0 Å². The van der Waals surface area contributed by atoms with Crippen LogP contribution in [0.4, 0.5) is 0 Å². The number of rotatable bonds is 7. The quantitative estimate of drug-likeness (QED) is 0.696. The van der Waals surface area contributed by atoms with Crippen molar-refractivity contribution in [3.05, 3.63) is 71.8 Å². The summed E-state index contributed by atoms with van der Waals surface area (Å²) in [5, 5.41) is 0. The van der Waals surface area contributed by atoms with Crippen molar-refractivity contribution in [2.45, 2.75) is 45.7 Å². The van der Waals surface area contributed by atoms with Gasteiger partial charge < -0.3 is 9.80 Å². The Bertz CT molecular complexity index is 783. The summed E-state index contributed by atoms with van der Waals surface area (Å²) in [5.41, 5.74) is 2.31. The number of hydrogen-bond donors (Lipinski definition) is 0. The Balaban J connectivity index is 1.51. The first-order valence-corrected chi connectivity index (χ1v) is 10.7. The third kappa shape index (κ3) is 5.69. The van der Waals surface area contributed by atoms with E-state index in [1.807, 2.05) is 72.3 Å². The number of benzene rings is 2. The highest BCUT2D eigenvalue weighted by Crippen LogP contribution is 2.31. The van der Waals surface area contributed by atoms with Gasteiger partial charge in [-0.25, -0.2) is 0 Å². The fourth-order valence-corrected chi connectivity index (χ4v) is 4.24. The monoisotopic (exact) mass is 392 g/mol. The summed E-state index contributed by atoms with van der Waals surface area (Å²) in [4.78, 5) is 29.6. The molecule has 0 saturated heterocycles. The van der Waals surface area contributed by atoms with Gasteiger partial charge >= 0.3 is 0 Å². The molecule has 3 rings (SSSR count). The van der Waals surface area contributed by atoms with E-state index >= 15 is 0 Å². The minimum Gasteiger partial charge on any atom is -0.341 e. The lowest BCUT2D eigenvalue weighted by atomic mass is 9.80. The normalized spacial score (nSPS) is 18.8. The third-order valence-corrected chi connectivity index (χ3v) is 5.97. The Morgan fingerprint density at radius 1 is 0.759 bits per heavy atom. The second-order valence-electron chi connectivity index (χ2n) is 8.07. The Labute approximate surface area is 174 Å². The van der Waals surface area contributed by atoms with Crippen LogP contribution in [-0.2, 0) is 22.7 Å². The number of hydrogen-bond acceptors (Lipinski definition) is 2. The maximum absolute atomic E-state index is 13.0. The van der Waals surface area contributed by atoms with E-state index in [0.717, 1.165) is 36.8 Å². The molecule has 1 fully saturated rings. The van der Waals surface area contributed by atoms with Crippen LogP contribution in [0.15, 0.2) is 60.7 Å². The van der Waals surface area contributed by atoms with Gasteiger partial charge in [0.25, 0.3) is 0 Å². The van der Waals surface area contributed by atoms with Gasteiger partial charge in [0.15, 0.2) is 0 Å². The Morgan fingerprint density at radius 2 is 1.21 bits per heavy atom. The van der Waals surface area contributed by atoms with Crippen molar-refractivity contribution in [2.24, 2.45) is 11.8 Å². The minimum atomic E-state index is 0.0389. The Kier molecular flexibility index (Phi) is 7.45. The van der Waals surface area contributed by atoms with Gasteiger partial charge in [0.2, 0.25) is 11.8 Å². The fourth-order valence-electron chi connectivity index (χ4n) is 4.24. The summed E-state index contributed by atoms with van der Waals surface area (Å²) in [5.74, 6) is 0.524. The number of carbonyl (C=O) groups is 2. The Morgan fingerprint density at radius 3 is 1.69 bits per heavy atom. The smallest absolute Gasteiger partial charge is 0.225 e. The van der Waals surface area contributed by atoms with Gasteiger partial charge in [0.05, 0.1) is 0 Å². The molecule has 2 aromatic carbocycles. The number of nitrogens with zero attached hydrogens (tertiary/aromatic N) is 2. The van der Waals surface area contributed by atoms with Crippen molar-refractivity contribution in [2.75, 3.05) is 13.6 Å². The van der Waals surface area contributed by atoms with E-state index in [4.69, 9.17) is 0 Å². The number of carbonyl (C=O) groups excluding carboxylic acids is 2. The summed E-state index contributed by atoms with van der Waals surface area (Å²) in [6.45, 7) is 4.05. The van der Waals surface area contributed by atoms with Crippen LogP contribution in [0.5, 0.6) is 0 Å². The molecule has 0 bridgehead atoms. The van der Waals surface area contributed by atoms with Crippen molar-refractivity contribution < 1.29 is 9.59 Å². The molecule has 29 heavy (non-hydrogen) atoms. The van der Waals surface area contributed by atoms with Crippen LogP contribution in [0, 0.1) is 11.8 Å². The highest BCUT2D eigenvalue weighted by Gasteiger charge is 2.33. The predicted octanol–water partition coefficient (Wildman–Crippen LogP) is 4.50. The average molecular weight is 393 g/mol. The highest BCUT2D eigenvalue weighted by atomic mass is 16.2. The van der Waals surface area contributed by atoms with Crippen molar-refractivity contribution in [3.63, 3.8) is 0 Å². The molecule has 0 atom stereocenters. The van der Waals surface area contributed by atoms with Crippen LogP contribution in [0.1, 0.15) is 43.7 Å². The molecule has 0 N–H and O–H groups in total. The van der Waals surface area contributed by atoms with Crippen LogP contribution in [0.25, 0.3) is 0 Å². The standard InChI is InChI=1S/C25H32N2O2/c1-3-27(19-21-12-8-5-9-13-21)25(29)23-16-14-22(15-17-23)24(28)26(2)18-20-10-6-4-7-11-20/h4-13,22-23H,3,14-19H2,1-2H3. The van der Waals surface area contributed by atoms with E-state index in [9.17, 15) is 9.59 Å². The van der Waals surface area contributed by atoms with Crippen molar-refractivity contribution in [1.29, 1.82) is 0 Å². The van der Waals surface area contributed by atoms with Gasteiger partial charge in [-0.3, -0.25) is 9.59 Å². The van der Waals surface area contributed by atoms with Crippen molar-refractivity contribution in [3.8, 4) is 0 Å². The molecule has 2 amide bonds. The van der Waals surface area contributed by atoms with Gasteiger partial charge in [0, 0.05) is 38.5 Å². The van der Waals surface area contributed by atoms with Gasteiger partial charge in [0.1, 0.15) is 0 Å². The molecule has 0 unspecified atom stereocenters. The molecule has 0 aliphatic heterocycles. The van der Waals surface area contributed by atoms with E-state index < -0.39 is 0 Å². The molecular formula is C25H32N2O2. The number of amides is 2. The molecule has 154 valence electrons. The molecule has 2 aromatic rings. The van der Waals surface area contributed by atoms with Gasteiger partial charge in [-0.1, -0.05) is 60.7 Å². The van der Waals surface area contributed by atoms with Crippen molar-refractivity contribution in [1.82, 2.24) is 9.80 Å². The van der Waals surface area contributed by atoms with E-state index in [1.165, 1.54) is 0 Å². The molecule has 0 radical (unpaired) electrons. The second-order valence-corrected chi connectivity index (χ2v) is 8.07. The summed E-state index contributed by atoms with van der Waals surface area (Å²) < 4.78 is 0. The van der Waals surface area contributed by atoms with Gasteiger partial charge in [-0.2, -0.15) is 0 Å². The van der Waals surface area contributed by atoms with E-state index in [0.29, 0.717) is 19.6 Å². The molecule has 4 nitrogen and oxygen atoms in total. The lowest BCUT2D eigenvalue weighted by Crippen LogP contribution is -2.40. The molecule has 1 aliphatic rings. The third-order valence-electron chi connectivity index (χ3n) is 5.97. The topological polar surface area (TPSA) is 40.6 Å². The van der Waals surface area contributed by atoms with Gasteiger partial charge in [-0.15, -0.1) is 0 Å². The van der Waals surface area contributed by atoms with Crippen LogP contribution in [-0.4, -0.2) is 35.2 Å². The summed E-state index contributed by atoms with van der Waals surface area (Å²) >= 11 is 0. The van der Waals surface area contributed by atoms with E-state index in [1.54, 1.807) is 0 Å². The first kappa shape index (κ1) is 21.1. The Hall–Kier alpha value is -2.62. The fraction of sp³-hybridized carbons (Fsp3) is 0.440. The lowest BCUT2D eigenvalue weighted by molar-refractivity contribution is -0.141. The summed E-state index contributed by atoms with van der Waals surface area (Å²) in [6.07, 6.45) is 3.22. The van der Waals surface area contributed by atoms with Crippen LogP contribution >= 0.6 is 0 Å². The molecule has 0 aromatic heterocycles. The zero-order valence-electron chi connectivity index (χ0n) is 17.6. The van der Waals surface area contributed by atoms with Gasteiger partial charge in [-0.05, 0) is 43.7 Å². The highest BCUT2D eigenvalue weighted by molar-refractivity contribution is 5.81. The SMILES string of the molecule is CCN(Cc1ccccc1)C(=O)C1CCC(C(=O)N(C)Cc2ccccc2)CC1. The van der Waals surface area contributed by atoms with Crippen LogP contribution in [0.2, 0.25) is 0 Å². The molecular weight excluding hydrogens is 360 g/mol. The second kappa shape index (κ2) is 10.2. The van der Waals surface area contributed by atoms with Crippen molar-refractivity contribution >= 4 is 11.8 Å². The lowest BCUT2D eigenvalue weighted by Gasteiger charge is -2.33. The van der Waals surface area contributed by atoms with E-state index in [2.05, 4.69) is 12.1 Å². The summed E-state index contributed by atoms with van der Waals surface area (Å²) in [6, 6.07) is 20.2.